The van der Waals surface area contributed by atoms with Crippen molar-refractivity contribution in [2.24, 2.45) is 0 Å². The molecular weight excluding hydrogens is 292 g/mol. The second kappa shape index (κ2) is 7.88. The molecule has 0 fully saturated rings. The van der Waals surface area contributed by atoms with Gasteiger partial charge in [-0.3, -0.25) is 0 Å². The Labute approximate surface area is 129 Å². The van der Waals surface area contributed by atoms with Gasteiger partial charge in [-0.15, -0.1) is 0 Å². The van der Waals surface area contributed by atoms with Gasteiger partial charge in [0.15, 0.2) is 0 Å². The second-order valence-corrected chi connectivity index (χ2v) is 5.58. The topological polar surface area (TPSA) is 78.4 Å². The Hall–Kier alpha value is -1.75. The summed E-state index contributed by atoms with van der Waals surface area (Å²) in [4.78, 5) is 23.0. The molecule has 1 atom stereocenters. The molecule has 116 valence electrons. The van der Waals surface area contributed by atoms with Crippen molar-refractivity contribution in [3.05, 3.63) is 34.9 Å². The van der Waals surface area contributed by atoms with Gasteiger partial charge in [0, 0.05) is 11.6 Å². The Balaban J connectivity index is 2.43. The summed E-state index contributed by atoms with van der Waals surface area (Å²) in [5.74, 6) is -1.03. The van der Waals surface area contributed by atoms with Gasteiger partial charge < -0.3 is 15.7 Å². The lowest BCUT2D eigenvalue weighted by Crippen LogP contribution is -2.55. The Morgan fingerprint density at radius 1 is 1.29 bits per heavy atom. The lowest BCUT2D eigenvalue weighted by atomic mass is 9.97. The van der Waals surface area contributed by atoms with Crippen LogP contribution in [0.2, 0.25) is 5.02 Å². The Kier molecular flexibility index (Phi) is 6.49. The minimum absolute atomic E-state index is 0.382. The average Bonchev–Trinajstić information content (AvgIpc) is 2.41. The molecule has 6 heteroatoms. The first-order valence-electron chi connectivity index (χ1n) is 6.91. The van der Waals surface area contributed by atoms with Gasteiger partial charge in [0.25, 0.3) is 0 Å². The number of hydrogen-bond donors (Lipinski definition) is 3. The first-order valence-corrected chi connectivity index (χ1v) is 7.29. The lowest BCUT2D eigenvalue weighted by Gasteiger charge is -2.25. The predicted molar refractivity (Wildman–Crippen MR) is 82.6 cm³/mol. The third kappa shape index (κ3) is 5.63. The SMILES string of the molecule is CCCC(C)(NC(=O)NCCc1ccc(Cl)cc1)C(=O)O. The van der Waals surface area contributed by atoms with Crippen LogP contribution in [0.25, 0.3) is 0 Å². The summed E-state index contributed by atoms with van der Waals surface area (Å²) in [5, 5.41) is 15.0. The lowest BCUT2D eigenvalue weighted by molar-refractivity contribution is -0.144. The molecule has 0 spiro atoms. The van der Waals surface area contributed by atoms with Crippen LogP contribution in [0, 0.1) is 0 Å². The number of amides is 2. The molecule has 0 radical (unpaired) electrons. The van der Waals surface area contributed by atoms with E-state index in [-0.39, 0.29) is 0 Å². The number of nitrogens with one attached hydrogen (secondary N) is 2. The van der Waals surface area contributed by atoms with Crippen LogP contribution < -0.4 is 10.6 Å². The summed E-state index contributed by atoms with van der Waals surface area (Å²) in [6, 6.07) is 6.89. The van der Waals surface area contributed by atoms with Gasteiger partial charge >= 0.3 is 12.0 Å². The van der Waals surface area contributed by atoms with Crippen LogP contribution >= 0.6 is 11.6 Å². The number of benzene rings is 1. The Bertz CT molecular complexity index is 490. The molecule has 1 aromatic rings. The maximum Gasteiger partial charge on any atom is 0.329 e. The maximum atomic E-state index is 11.8. The molecule has 0 aliphatic rings. The minimum Gasteiger partial charge on any atom is -0.480 e. The summed E-state index contributed by atoms with van der Waals surface area (Å²) in [7, 11) is 0. The van der Waals surface area contributed by atoms with Gasteiger partial charge in [0.2, 0.25) is 0 Å². The predicted octanol–water partition coefficient (Wildman–Crippen LogP) is 2.83. The highest BCUT2D eigenvalue weighted by molar-refractivity contribution is 6.30. The fraction of sp³-hybridized carbons (Fsp3) is 0.467. The smallest absolute Gasteiger partial charge is 0.329 e. The zero-order valence-electron chi connectivity index (χ0n) is 12.3. The molecule has 0 saturated heterocycles. The van der Waals surface area contributed by atoms with Crippen LogP contribution in [-0.4, -0.2) is 29.2 Å². The van der Waals surface area contributed by atoms with Crippen LogP contribution in [0.1, 0.15) is 32.3 Å². The highest BCUT2D eigenvalue weighted by atomic mass is 35.5. The van der Waals surface area contributed by atoms with E-state index in [0.717, 1.165) is 5.56 Å². The van der Waals surface area contributed by atoms with Gasteiger partial charge in [-0.1, -0.05) is 37.1 Å². The molecule has 0 aromatic heterocycles. The van der Waals surface area contributed by atoms with Gasteiger partial charge in [-0.05, 0) is 37.5 Å². The molecule has 1 unspecified atom stereocenters. The Morgan fingerprint density at radius 2 is 1.90 bits per heavy atom. The molecule has 2 amide bonds. The van der Waals surface area contributed by atoms with E-state index < -0.39 is 17.5 Å². The van der Waals surface area contributed by atoms with Gasteiger partial charge in [-0.25, -0.2) is 9.59 Å². The monoisotopic (exact) mass is 312 g/mol. The number of urea groups is 1. The van der Waals surface area contributed by atoms with E-state index in [1.165, 1.54) is 6.92 Å². The number of aliphatic carboxylic acids is 1. The zero-order valence-corrected chi connectivity index (χ0v) is 13.0. The number of carboxylic acids is 1. The van der Waals surface area contributed by atoms with E-state index in [0.29, 0.717) is 30.8 Å². The van der Waals surface area contributed by atoms with E-state index in [1.54, 1.807) is 12.1 Å². The Morgan fingerprint density at radius 3 is 2.43 bits per heavy atom. The molecule has 5 nitrogen and oxygen atoms in total. The summed E-state index contributed by atoms with van der Waals surface area (Å²) < 4.78 is 0. The van der Waals surface area contributed by atoms with Crippen LogP contribution in [-0.2, 0) is 11.2 Å². The average molecular weight is 313 g/mol. The second-order valence-electron chi connectivity index (χ2n) is 5.14. The number of hydrogen-bond acceptors (Lipinski definition) is 2. The summed E-state index contributed by atoms with van der Waals surface area (Å²) in [5.41, 5.74) is -0.187. The number of rotatable bonds is 7. The molecule has 0 bridgehead atoms. The van der Waals surface area contributed by atoms with Crippen molar-refractivity contribution in [2.75, 3.05) is 6.54 Å². The summed E-state index contributed by atoms with van der Waals surface area (Å²) >= 11 is 5.79. The minimum atomic E-state index is -1.24. The first-order chi connectivity index (χ1) is 9.87. The largest absolute Gasteiger partial charge is 0.480 e. The normalized spacial score (nSPS) is 13.3. The molecule has 0 saturated carbocycles. The zero-order chi connectivity index (χ0) is 15.9. The van der Waals surface area contributed by atoms with Crippen molar-refractivity contribution in [3.63, 3.8) is 0 Å². The molecule has 1 aromatic carbocycles. The molecule has 0 aliphatic heterocycles. The summed E-state index contributed by atoms with van der Waals surface area (Å²) in [6.45, 7) is 3.81. The van der Waals surface area contributed by atoms with Gasteiger partial charge in [-0.2, -0.15) is 0 Å². The number of halogens is 1. The third-order valence-electron chi connectivity index (χ3n) is 3.22. The molecule has 0 heterocycles. The van der Waals surface area contributed by atoms with Crippen molar-refractivity contribution in [3.8, 4) is 0 Å². The van der Waals surface area contributed by atoms with Gasteiger partial charge in [0.1, 0.15) is 5.54 Å². The van der Waals surface area contributed by atoms with E-state index in [9.17, 15) is 14.7 Å². The quantitative estimate of drug-likeness (QED) is 0.724. The molecule has 3 N–H and O–H groups in total. The highest BCUT2D eigenvalue weighted by Crippen LogP contribution is 2.12. The van der Waals surface area contributed by atoms with Gasteiger partial charge in [0.05, 0.1) is 0 Å². The highest BCUT2D eigenvalue weighted by Gasteiger charge is 2.33. The fourth-order valence-corrected chi connectivity index (χ4v) is 2.12. The van der Waals surface area contributed by atoms with E-state index in [1.807, 2.05) is 19.1 Å². The molecule has 0 aliphatic carbocycles. The maximum absolute atomic E-state index is 11.8. The van der Waals surface area contributed by atoms with E-state index >= 15 is 0 Å². The van der Waals surface area contributed by atoms with Crippen molar-refractivity contribution >= 4 is 23.6 Å². The molecular formula is C15H21ClN2O3. The summed E-state index contributed by atoms with van der Waals surface area (Å²) in [6.07, 6.45) is 1.71. The third-order valence-corrected chi connectivity index (χ3v) is 3.48. The fourth-order valence-electron chi connectivity index (χ4n) is 1.99. The number of carbonyl (C=O) groups is 2. The van der Waals surface area contributed by atoms with E-state index in [4.69, 9.17) is 11.6 Å². The van der Waals surface area contributed by atoms with Crippen molar-refractivity contribution in [1.82, 2.24) is 10.6 Å². The molecule has 21 heavy (non-hydrogen) atoms. The number of carbonyl (C=O) groups excluding carboxylic acids is 1. The molecule has 1 rings (SSSR count). The van der Waals surface area contributed by atoms with Crippen LogP contribution in [0.4, 0.5) is 4.79 Å². The standard InChI is InChI=1S/C15H21ClN2O3/c1-3-9-15(2,13(19)20)18-14(21)17-10-8-11-4-6-12(16)7-5-11/h4-7H,3,8-10H2,1-2H3,(H,19,20)(H2,17,18,21). The van der Waals surface area contributed by atoms with E-state index in [2.05, 4.69) is 10.6 Å². The van der Waals surface area contributed by atoms with Crippen LogP contribution in [0.5, 0.6) is 0 Å². The van der Waals surface area contributed by atoms with Crippen molar-refractivity contribution < 1.29 is 14.7 Å². The van der Waals surface area contributed by atoms with Crippen molar-refractivity contribution in [2.45, 2.75) is 38.6 Å². The van der Waals surface area contributed by atoms with Crippen LogP contribution in [0.15, 0.2) is 24.3 Å². The number of carboxylic acid groups (broad SMARTS) is 1. The first kappa shape index (κ1) is 17.3. The van der Waals surface area contributed by atoms with Crippen LogP contribution in [0.3, 0.4) is 0 Å². The van der Waals surface area contributed by atoms with Crippen molar-refractivity contribution in [1.29, 1.82) is 0 Å².